The molecule has 2 heterocycles. The molecule has 0 spiro atoms. The Morgan fingerprint density at radius 3 is 2.44 bits per heavy atom. The minimum Gasteiger partial charge on any atom is -0.350 e. The molecular formula is C29H28FN3O2S. The van der Waals surface area contributed by atoms with Crippen LogP contribution in [-0.2, 0) is 23.2 Å². The molecule has 36 heavy (non-hydrogen) atoms. The number of hydrogen-bond acceptors (Lipinski definition) is 3. The molecule has 2 amide bonds. The van der Waals surface area contributed by atoms with Crippen molar-refractivity contribution in [2.45, 2.75) is 37.4 Å². The third kappa shape index (κ3) is 4.39. The minimum absolute atomic E-state index is 0.125. The van der Waals surface area contributed by atoms with E-state index in [2.05, 4.69) is 23.7 Å². The molecule has 1 unspecified atom stereocenters. The van der Waals surface area contributed by atoms with Crippen molar-refractivity contribution >= 4 is 40.2 Å². The van der Waals surface area contributed by atoms with Gasteiger partial charge in [-0.25, -0.2) is 4.39 Å². The van der Waals surface area contributed by atoms with Gasteiger partial charge in [-0.3, -0.25) is 14.5 Å². The van der Waals surface area contributed by atoms with Gasteiger partial charge in [0.05, 0.1) is 10.8 Å². The van der Waals surface area contributed by atoms with Crippen LogP contribution >= 0.6 is 11.8 Å². The first-order valence-corrected chi connectivity index (χ1v) is 13.0. The van der Waals surface area contributed by atoms with E-state index in [-0.39, 0.29) is 29.9 Å². The van der Waals surface area contributed by atoms with Crippen molar-refractivity contribution in [1.29, 1.82) is 0 Å². The lowest BCUT2D eigenvalue weighted by molar-refractivity contribution is -0.125. The number of thioether (sulfide) groups is 1. The molecule has 0 fully saturated rings. The highest BCUT2D eigenvalue weighted by molar-refractivity contribution is 8.00. The zero-order chi connectivity index (χ0) is 25.4. The summed E-state index contributed by atoms with van der Waals surface area (Å²) in [6, 6.07) is 21.0. The van der Waals surface area contributed by atoms with Gasteiger partial charge in [-0.1, -0.05) is 68.1 Å². The summed E-state index contributed by atoms with van der Waals surface area (Å²) in [5.41, 5.74) is 4.47. The molecule has 3 aromatic carbocycles. The van der Waals surface area contributed by atoms with E-state index in [9.17, 15) is 14.0 Å². The molecule has 4 aromatic rings. The van der Waals surface area contributed by atoms with Gasteiger partial charge in [-0.05, 0) is 47.4 Å². The predicted octanol–water partition coefficient (Wildman–Crippen LogP) is 5.94. The summed E-state index contributed by atoms with van der Waals surface area (Å²) in [6.45, 7) is 4.48. The average Bonchev–Trinajstić information content (AvgIpc) is 3.06. The summed E-state index contributed by atoms with van der Waals surface area (Å²) in [4.78, 5) is 29.1. The van der Waals surface area contributed by atoms with Crippen molar-refractivity contribution in [1.82, 2.24) is 9.88 Å². The van der Waals surface area contributed by atoms with E-state index in [1.807, 2.05) is 55.6 Å². The fraction of sp³-hybridized carbons (Fsp3) is 0.241. The number of anilines is 1. The molecule has 0 saturated carbocycles. The van der Waals surface area contributed by atoms with Crippen molar-refractivity contribution < 1.29 is 14.0 Å². The van der Waals surface area contributed by atoms with Crippen molar-refractivity contribution in [2.75, 3.05) is 10.7 Å². The van der Waals surface area contributed by atoms with Crippen LogP contribution < -0.4 is 10.2 Å². The van der Waals surface area contributed by atoms with E-state index in [1.54, 1.807) is 17.0 Å². The number of hydrogen-bond donors (Lipinski definition) is 1. The molecule has 1 aliphatic heterocycles. The molecule has 1 aromatic heterocycles. The Balaban J connectivity index is 1.61. The van der Waals surface area contributed by atoms with Crippen LogP contribution in [-0.4, -0.2) is 22.1 Å². The Hall–Kier alpha value is -3.58. The average molecular weight is 502 g/mol. The van der Waals surface area contributed by atoms with E-state index >= 15 is 0 Å². The lowest BCUT2D eigenvalue weighted by atomic mass is 10.00. The smallest absolute Gasteiger partial charge is 0.248 e. The largest absolute Gasteiger partial charge is 0.350 e. The standard InChI is InChI=1S/C29H28FN3O2S/c1-18(2)20-10-14-22(15-11-20)33-25(34)17-36-29-26(23-6-4-5-7-24(23)32(29)3)27(33)28(35)31-16-19-8-12-21(30)13-9-19/h4-15,18,27H,16-17H2,1-3H3,(H,31,35). The summed E-state index contributed by atoms with van der Waals surface area (Å²) in [5, 5.41) is 4.86. The van der Waals surface area contributed by atoms with Gasteiger partial charge in [0.1, 0.15) is 11.9 Å². The maximum Gasteiger partial charge on any atom is 0.248 e. The van der Waals surface area contributed by atoms with Gasteiger partial charge in [0, 0.05) is 35.7 Å². The number of halogens is 1. The lowest BCUT2D eigenvalue weighted by Gasteiger charge is -2.30. The molecule has 0 saturated heterocycles. The Morgan fingerprint density at radius 2 is 1.75 bits per heavy atom. The fourth-order valence-electron chi connectivity index (χ4n) is 4.76. The van der Waals surface area contributed by atoms with Crippen LogP contribution in [0.25, 0.3) is 10.9 Å². The Kier molecular flexibility index (Phi) is 6.58. The zero-order valence-electron chi connectivity index (χ0n) is 20.5. The van der Waals surface area contributed by atoms with E-state index in [4.69, 9.17) is 0 Å². The van der Waals surface area contributed by atoms with Gasteiger partial charge < -0.3 is 9.88 Å². The summed E-state index contributed by atoms with van der Waals surface area (Å²) in [5.74, 6) is -0.146. The second-order valence-corrected chi connectivity index (χ2v) is 10.3. The van der Waals surface area contributed by atoms with Gasteiger partial charge in [0.2, 0.25) is 11.8 Å². The van der Waals surface area contributed by atoms with Gasteiger partial charge in [0.25, 0.3) is 0 Å². The number of para-hydroxylation sites is 1. The SMILES string of the molecule is CC(C)c1ccc(N2C(=O)CSc3c(c4ccccc4n3C)C2C(=O)NCc2ccc(F)cc2)cc1. The number of amides is 2. The van der Waals surface area contributed by atoms with Crippen molar-refractivity contribution in [2.24, 2.45) is 7.05 Å². The summed E-state index contributed by atoms with van der Waals surface area (Å²) < 4.78 is 15.4. The second-order valence-electron chi connectivity index (χ2n) is 9.34. The summed E-state index contributed by atoms with van der Waals surface area (Å²) >= 11 is 1.46. The van der Waals surface area contributed by atoms with Gasteiger partial charge in [-0.2, -0.15) is 0 Å². The molecule has 0 aliphatic carbocycles. The maximum absolute atomic E-state index is 13.9. The molecule has 0 radical (unpaired) electrons. The lowest BCUT2D eigenvalue weighted by Crippen LogP contribution is -2.43. The number of aromatic nitrogens is 1. The number of carbonyl (C=O) groups excluding carboxylic acids is 2. The van der Waals surface area contributed by atoms with Crippen molar-refractivity contribution in [3.63, 3.8) is 0 Å². The normalized spacial score (nSPS) is 15.8. The highest BCUT2D eigenvalue weighted by Gasteiger charge is 2.39. The van der Waals surface area contributed by atoms with Crippen LogP contribution in [0.5, 0.6) is 0 Å². The molecule has 1 atom stereocenters. The van der Waals surface area contributed by atoms with Crippen molar-refractivity contribution in [3.05, 3.63) is 95.3 Å². The molecule has 184 valence electrons. The molecule has 7 heteroatoms. The van der Waals surface area contributed by atoms with E-state index in [0.717, 1.165) is 27.1 Å². The third-order valence-corrected chi connectivity index (χ3v) is 7.85. The highest BCUT2D eigenvalue weighted by Crippen LogP contribution is 2.43. The van der Waals surface area contributed by atoms with Crippen LogP contribution in [0.3, 0.4) is 0 Å². The number of rotatable bonds is 5. The molecule has 1 N–H and O–H groups in total. The van der Waals surface area contributed by atoms with Crippen LogP contribution in [0.2, 0.25) is 0 Å². The number of aryl methyl sites for hydroxylation is 1. The molecule has 1 aliphatic rings. The third-order valence-electron chi connectivity index (χ3n) is 6.69. The van der Waals surface area contributed by atoms with Crippen LogP contribution in [0.15, 0.2) is 77.8 Å². The molecule has 5 rings (SSSR count). The number of nitrogens with zero attached hydrogens (tertiary/aromatic N) is 2. The van der Waals surface area contributed by atoms with E-state index in [0.29, 0.717) is 11.6 Å². The van der Waals surface area contributed by atoms with Gasteiger partial charge in [-0.15, -0.1) is 0 Å². The van der Waals surface area contributed by atoms with E-state index < -0.39 is 6.04 Å². The second kappa shape index (κ2) is 9.82. The highest BCUT2D eigenvalue weighted by atomic mass is 32.2. The maximum atomic E-state index is 13.9. The number of benzene rings is 3. The van der Waals surface area contributed by atoms with Crippen LogP contribution in [0.1, 0.15) is 42.5 Å². The number of nitrogens with one attached hydrogen (secondary N) is 1. The predicted molar refractivity (Wildman–Crippen MR) is 143 cm³/mol. The first-order chi connectivity index (χ1) is 17.3. The van der Waals surface area contributed by atoms with Crippen molar-refractivity contribution in [3.8, 4) is 0 Å². The Bertz CT molecular complexity index is 1430. The topological polar surface area (TPSA) is 54.3 Å². The minimum atomic E-state index is -0.848. The molecular weight excluding hydrogens is 473 g/mol. The molecule has 0 bridgehead atoms. The Morgan fingerprint density at radius 1 is 1.06 bits per heavy atom. The number of carbonyl (C=O) groups is 2. The Labute approximate surface area is 214 Å². The first-order valence-electron chi connectivity index (χ1n) is 12.0. The summed E-state index contributed by atoms with van der Waals surface area (Å²) in [7, 11) is 1.97. The fourth-order valence-corrected chi connectivity index (χ4v) is 5.83. The van der Waals surface area contributed by atoms with Crippen LogP contribution in [0.4, 0.5) is 10.1 Å². The number of fused-ring (bicyclic) bond motifs is 3. The summed E-state index contributed by atoms with van der Waals surface area (Å²) in [6.07, 6.45) is 0. The monoisotopic (exact) mass is 501 g/mol. The molecule has 5 nitrogen and oxygen atoms in total. The van der Waals surface area contributed by atoms with Gasteiger partial charge >= 0.3 is 0 Å². The quantitative estimate of drug-likeness (QED) is 0.368. The zero-order valence-corrected chi connectivity index (χ0v) is 21.3. The van der Waals surface area contributed by atoms with Gasteiger partial charge in [0.15, 0.2) is 0 Å². The van der Waals surface area contributed by atoms with E-state index in [1.165, 1.54) is 29.5 Å². The first kappa shape index (κ1) is 24.1. The van der Waals surface area contributed by atoms with Crippen LogP contribution in [0, 0.1) is 5.82 Å².